The van der Waals surface area contributed by atoms with Crippen LogP contribution in [0.4, 0.5) is 5.82 Å². The summed E-state index contributed by atoms with van der Waals surface area (Å²) in [6.45, 7) is 4.37. The number of aromatic nitrogens is 2. The molecule has 0 saturated carbocycles. The molecule has 3 heterocycles. The van der Waals surface area contributed by atoms with Gasteiger partial charge in [0.2, 0.25) is 5.91 Å². The van der Waals surface area contributed by atoms with Crippen molar-refractivity contribution in [2.45, 2.75) is 6.92 Å². The maximum atomic E-state index is 12.7. The van der Waals surface area contributed by atoms with Crippen LogP contribution in [0.1, 0.15) is 11.4 Å². The van der Waals surface area contributed by atoms with Gasteiger partial charge >= 0.3 is 0 Å². The summed E-state index contributed by atoms with van der Waals surface area (Å²) in [5, 5.41) is 0.501. The van der Waals surface area contributed by atoms with Crippen LogP contribution in [0.25, 0.3) is 28.3 Å². The molecule has 170 valence electrons. The minimum absolute atomic E-state index is 0.129. The van der Waals surface area contributed by atoms with E-state index in [1.54, 1.807) is 23.1 Å². The topological polar surface area (TPSA) is 79.5 Å². The van der Waals surface area contributed by atoms with Gasteiger partial charge in [-0.2, -0.15) is 0 Å². The van der Waals surface area contributed by atoms with Crippen molar-refractivity contribution >= 4 is 28.8 Å². The molecule has 7 nitrogen and oxygen atoms in total. The number of nitrogens with zero attached hydrogens (tertiary/aromatic N) is 4. The third-order valence-corrected chi connectivity index (χ3v) is 5.92. The summed E-state index contributed by atoms with van der Waals surface area (Å²) >= 11 is 0. The molecule has 0 aliphatic carbocycles. The Hall–Kier alpha value is -4.26. The Kier molecular flexibility index (Phi) is 5.91. The number of carbonyl (C=O) groups is 1. The predicted octanol–water partition coefficient (Wildman–Crippen LogP) is 3.92. The molecule has 1 saturated heterocycles. The Bertz CT molecular complexity index is 1420. The van der Waals surface area contributed by atoms with E-state index in [0.717, 1.165) is 17.1 Å². The second-order valence-corrected chi connectivity index (χ2v) is 8.19. The van der Waals surface area contributed by atoms with Crippen LogP contribution in [0.2, 0.25) is 0 Å². The fraction of sp³-hybridized carbons (Fsp3) is 0.185. The molecule has 2 aromatic heterocycles. The highest BCUT2D eigenvalue weighted by atomic mass is 16.3. The van der Waals surface area contributed by atoms with Gasteiger partial charge in [-0.3, -0.25) is 9.59 Å². The highest BCUT2D eigenvalue weighted by Crippen LogP contribution is 2.22. The van der Waals surface area contributed by atoms with Crippen LogP contribution in [0, 0.1) is 6.92 Å². The average Bonchev–Trinajstić information content (AvgIpc) is 2.88. The Morgan fingerprint density at radius 1 is 0.971 bits per heavy atom. The molecule has 0 N–H and O–H groups in total. The van der Waals surface area contributed by atoms with E-state index < -0.39 is 0 Å². The minimum atomic E-state index is -0.149. The monoisotopic (exact) mass is 452 g/mol. The third-order valence-electron chi connectivity index (χ3n) is 5.92. The van der Waals surface area contributed by atoms with Gasteiger partial charge in [0, 0.05) is 43.9 Å². The molecule has 5 rings (SSSR count). The molecule has 1 aliphatic rings. The summed E-state index contributed by atoms with van der Waals surface area (Å²) in [4.78, 5) is 38.5. The van der Waals surface area contributed by atoms with Crippen molar-refractivity contribution in [3.05, 3.63) is 94.6 Å². The molecule has 7 heteroatoms. The number of carbonyl (C=O) groups excluding carboxylic acids is 1. The molecule has 2 aromatic carbocycles. The normalized spacial score (nSPS) is 14.1. The fourth-order valence-electron chi connectivity index (χ4n) is 4.10. The molecule has 0 atom stereocenters. The summed E-state index contributed by atoms with van der Waals surface area (Å²) in [7, 11) is 0. The van der Waals surface area contributed by atoms with Gasteiger partial charge < -0.3 is 14.2 Å². The lowest BCUT2D eigenvalue weighted by Crippen LogP contribution is -2.48. The first kappa shape index (κ1) is 21.6. The number of piperazine rings is 1. The first-order valence-electron chi connectivity index (χ1n) is 11.2. The highest BCUT2D eigenvalue weighted by Gasteiger charge is 2.21. The van der Waals surface area contributed by atoms with E-state index in [1.165, 1.54) is 18.4 Å². The van der Waals surface area contributed by atoms with Crippen LogP contribution in [0.5, 0.6) is 0 Å². The largest absolute Gasteiger partial charge is 0.463 e. The first-order valence-corrected chi connectivity index (χ1v) is 11.2. The lowest BCUT2D eigenvalue weighted by atomic mass is 10.1. The molecule has 0 spiro atoms. The van der Waals surface area contributed by atoms with Crippen molar-refractivity contribution < 1.29 is 9.21 Å². The van der Waals surface area contributed by atoms with Gasteiger partial charge in [0.1, 0.15) is 23.5 Å². The predicted molar refractivity (Wildman–Crippen MR) is 133 cm³/mol. The van der Waals surface area contributed by atoms with E-state index in [9.17, 15) is 9.59 Å². The molecule has 1 fully saturated rings. The first-order chi connectivity index (χ1) is 16.6. The Labute approximate surface area is 197 Å². The number of amides is 1. The van der Waals surface area contributed by atoms with E-state index in [2.05, 4.69) is 14.9 Å². The number of hydrogen-bond donors (Lipinski definition) is 0. The quantitative estimate of drug-likeness (QED) is 0.437. The van der Waals surface area contributed by atoms with Gasteiger partial charge in [-0.15, -0.1) is 0 Å². The van der Waals surface area contributed by atoms with Gasteiger partial charge in [0.05, 0.1) is 16.6 Å². The van der Waals surface area contributed by atoms with E-state index in [4.69, 9.17) is 4.42 Å². The number of benzene rings is 2. The molecule has 34 heavy (non-hydrogen) atoms. The van der Waals surface area contributed by atoms with E-state index >= 15 is 0 Å². The maximum Gasteiger partial charge on any atom is 0.246 e. The lowest BCUT2D eigenvalue weighted by Gasteiger charge is -2.35. The SMILES string of the molecule is Cc1nc(-c2ccccc2)cc(N2CCN(C(=O)/C=C/c3coc4ccccc4c3=O)CC2)n1. The van der Waals surface area contributed by atoms with Crippen LogP contribution in [-0.4, -0.2) is 47.0 Å². The van der Waals surface area contributed by atoms with Crippen molar-refractivity contribution in [3.63, 3.8) is 0 Å². The van der Waals surface area contributed by atoms with Crippen LogP contribution < -0.4 is 10.3 Å². The molecule has 1 aliphatic heterocycles. The molecule has 1 amide bonds. The van der Waals surface area contributed by atoms with Crippen LogP contribution >= 0.6 is 0 Å². The smallest absolute Gasteiger partial charge is 0.246 e. The van der Waals surface area contributed by atoms with E-state index in [0.29, 0.717) is 48.5 Å². The summed E-state index contributed by atoms with van der Waals surface area (Å²) in [6, 6.07) is 19.1. The zero-order chi connectivity index (χ0) is 23.5. The third kappa shape index (κ3) is 4.45. The van der Waals surface area contributed by atoms with Crippen LogP contribution in [0.15, 0.2) is 82.2 Å². The molecular formula is C27H24N4O3. The van der Waals surface area contributed by atoms with Gasteiger partial charge in [-0.05, 0) is 25.1 Å². The van der Waals surface area contributed by atoms with Crippen LogP contribution in [0.3, 0.4) is 0 Å². The van der Waals surface area contributed by atoms with Gasteiger partial charge in [-0.25, -0.2) is 9.97 Å². The van der Waals surface area contributed by atoms with Crippen molar-refractivity contribution in [1.29, 1.82) is 0 Å². The minimum Gasteiger partial charge on any atom is -0.463 e. The average molecular weight is 453 g/mol. The van der Waals surface area contributed by atoms with Crippen molar-refractivity contribution in [2.24, 2.45) is 0 Å². The number of anilines is 1. The second-order valence-electron chi connectivity index (χ2n) is 8.19. The molecule has 0 bridgehead atoms. The number of hydrogen-bond acceptors (Lipinski definition) is 6. The molecule has 0 unspecified atom stereocenters. The fourth-order valence-corrected chi connectivity index (χ4v) is 4.10. The van der Waals surface area contributed by atoms with Crippen LogP contribution in [-0.2, 0) is 4.79 Å². The second kappa shape index (κ2) is 9.31. The Morgan fingerprint density at radius 2 is 1.71 bits per heavy atom. The number of fused-ring (bicyclic) bond motifs is 1. The Morgan fingerprint density at radius 3 is 2.50 bits per heavy atom. The number of rotatable bonds is 4. The van der Waals surface area contributed by atoms with Crippen molar-refractivity contribution in [3.8, 4) is 11.3 Å². The highest BCUT2D eigenvalue weighted by molar-refractivity contribution is 5.92. The Balaban J connectivity index is 1.26. The molecular weight excluding hydrogens is 428 g/mol. The summed E-state index contributed by atoms with van der Waals surface area (Å²) in [5.41, 5.74) is 2.67. The van der Waals surface area contributed by atoms with Gasteiger partial charge in [0.25, 0.3) is 0 Å². The molecule has 4 aromatic rings. The van der Waals surface area contributed by atoms with Crippen molar-refractivity contribution in [2.75, 3.05) is 31.1 Å². The summed E-state index contributed by atoms with van der Waals surface area (Å²) < 4.78 is 5.52. The zero-order valence-electron chi connectivity index (χ0n) is 18.8. The summed E-state index contributed by atoms with van der Waals surface area (Å²) in [6.07, 6.45) is 4.38. The van der Waals surface area contributed by atoms with E-state index in [-0.39, 0.29) is 11.3 Å². The maximum absolute atomic E-state index is 12.7. The zero-order valence-corrected chi connectivity index (χ0v) is 18.8. The number of aryl methyl sites for hydroxylation is 1. The van der Waals surface area contributed by atoms with Crippen molar-refractivity contribution in [1.82, 2.24) is 14.9 Å². The van der Waals surface area contributed by atoms with Gasteiger partial charge in [0.15, 0.2) is 5.43 Å². The summed E-state index contributed by atoms with van der Waals surface area (Å²) in [5.74, 6) is 1.45. The number of para-hydroxylation sites is 1. The lowest BCUT2D eigenvalue weighted by molar-refractivity contribution is -0.126. The van der Waals surface area contributed by atoms with E-state index in [1.807, 2.05) is 49.4 Å². The van der Waals surface area contributed by atoms with Gasteiger partial charge in [-0.1, -0.05) is 42.5 Å². The standard InChI is InChI=1S/C27H24N4O3/c1-19-28-23(20-7-3-2-4-8-20)17-25(29-19)30-13-15-31(16-14-30)26(32)12-11-21-18-34-24-10-6-5-9-22(24)27(21)33/h2-12,17-18H,13-16H2,1H3/b12-11+. The molecule has 0 radical (unpaired) electrons.